The lowest BCUT2D eigenvalue weighted by Gasteiger charge is -2.13. The van der Waals surface area contributed by atoms with Crippen LogP contribution >= 0.6 is 24.1 Å². The summed E-state index contributed by atoms with van der Waals surface area (Å²) in [6.07, 6.45) is 0.272. The van der Waals surface area contributed by atoms with Gasteiger partial charge in [-0.3, -0.25) is 0 Å². The first kappa shape index (κ1) is 10.7. The molecular formula is C6H15BOS2. The third kappa shape index (κ3) is 6.84. The van der Waals surface area contributed by atoms with Crippen LogP contribution in [0.4, 0.5) is 0 Å². The zero-order chi connectivity index (χ0) is 8.15. The van der Waals surface area contributed by atoms with E-state index in [0.29, 0.717) is 5.25 Å². The molecule has 0 aliphatic carbocycles. The van der Waals surface area contributed by atoms with Crippen LogP contribution < -0.4 is 0 Å². The maximum absolute atomic E-state index is 5.39. The van der Waals surface area contributed by atoms with Gasteiger partial charge in [-0.15, -0.1) is 0 Å². The van der Waals surface area contributed by atoms with Crippen molar-refractivity contribution in [2.24, 2.45) is 0 Å². The largest absolute Gasteiger partial charge is 0.429 e. The fourth-order valence-electron chi connectivity index (χ4n) is 0.498. The zero-order valence-corrected chi connectivity index (χ0v) is 8.71. The van der Waals surface area contributed by atoms with Gasteiger partial charge in [0.05, 0.1) is 0 Å². The van der Waals surface area contributed by atoms with Crippen molar-refractivity contribution in [3.8, 4) is 0 Å². The van der Waals surface area contributed by atoms with Gasteiger partial charge in [0.1, 0.15) is 0 Å². The molecule has 10 heavy (non-hydrogen) atoms. The summed E-state index contributed by atoms with van der Waals surface area (Å²) in [5, 5.41) is 0.584. The fourth-order valence-corrected chi connectivity index (χ4v) is 2.22. The molecular weight excluding hydrogens is 163 g/mol. The molecule has 0 saturated carbocycles. The molecule has 0 unspecified atom stereocenters. The second-order valence-corrected chi connectivity index (χ2v) is 5.14. The average molecular weight is 178 g/mol. The SMILES string of the molecule is CC(C)OB(S)SC(C)C. The minimum Gasteiger partial charge on any atom is -0.415 e. The predicted octanol–water partition coefficient (Wildman–Crippen LogP) is 2.47. The van der Waals surface area contributed by atoms with E-state index >= 15 is 0 Å². The summed E-state index contributed by atoms with van der Waals surface area (Å²) in [7, 11) is 0. The summed E-state index contributed by atoms with van der Waals surface area (Å²) in [4.78, 5) is 0. The van der Waals surface area contributed by atoms with Crippen molar-refractivity contribution in [2.45, 2.75) is 39.0 Å². The van der Waals surface area contributed by atoms with E-state index in [1.165, 1.54) is 0 Å². The molecule has 0 N–H and O–H groups in total. The molecule has 0 aromatic carbocycles. The van der Waals surface area contributed by atoms with Gasteiger partial charge >= 0.3 is 5.47 Å². The van der Waals surface area contributed by atoms with Gasteiger partial charge in [0, 0.05) is 6.10 Å². The van der Waals surface area contributed by atoms with E-state index in [2.05, 4.69) is 26.3 Å². The Morgan fingerprint density at radius 2 is 1.80 bits per heavy atom. The molecule has 0 aromatic rings. The Labute approximate surface area is 73.6 Å². The van der Waals surface area contributed by atoms with Crippen molar-refractivity contribution < 1.29 is 4.65 Å². The highest BCUT2D eigenvalue weighted by molar-refractivity contribution is 8.47. The molecule has 60 valence electrons. The lowest BCUT2D eigenvalue weighted by molar-refractivity contribution is 0.261. The van der Waals surface area contributed by atoms with Crippen molar-refractivity contribution in [3.05, 3.63) is 0 Å². The number of thiol groups is 1. The minimum atomic E-state index is 0.0278. The molecule has 0 saturated heterocycles. The van der Waals surface area contributed by atoms with Crippen molar-refractivity contribution in [3.63, 3.8) is 0 Å². The van der Waals surface area contributed by atoms with E-state index in [0.717, 1.165) is 0 Å². The quantitative estimate of drug-likeness (QED) is 0.523. The summed E-state index contributed by atoms with van der Waals surface area (Å²) < 4.78 is 5.39. The Balaban J connectivity index is 3.34. The van der Waals surface area contributed by atoms with E-state index in [1.807, 2.05) is 13.8 Å². The van der Waals surface area contributed by atoms with Crippen LogP contribution in [0.5, 0.6) is 0 Å². The van der Waals surface area contributed by atoms with Gasteiger partial charge in [0.15, 0.2) is 0 Å². The molecule has 0 spiro atoms. The van der Waals surface area contributed by atoms with E-state index < -0.39 is 0 Å². The molecule has 0 aliphatic heterocycles. The first-order valence-electron chi connectivity index (χ1n) is 3.51. The normalized spacial score (nSPS) is 11.1. The van der Waals surface area contributed by atoms with Gasteiger partial charge in [0.2, 0.25) is 0 Å². The zero-order valence-electron chi connectivity index (χ0n) is 7.00. The smallest absolute Gasteiger partial charge is 0.415 e. The maximum atomic E-state index is 5.39. The summed E-state index contributed by atoms with van der Waals surface area (Å²) >= 11 is 5.97. The highest BCUT2D eigenvalue weighted by Gasteiger charge is 2.14. The van der Waals surface area contributed by atoms with Crippen molar-refractivity contribution in [1.82, 2.24) is 0 Å². The number of hydrogen-bond donors (Lipinski definition) is 1. The van der Waals surface area contributed by atoms with Crippen LogP contribution in [0, 0.1) is 0 Å². The Morgan fingerprint density at radius 3 is 2.10 bits per heavy atom. The van der Waals surface area contributed by atoms with E-state index in [9.17, 15) is 0 Å². The van der Waals surface area contributed by atoms with E-state index in [-0.39, 0.29) is 11.6 Å². The molecule has 0 rings (SSSR count). The fraction of sp³-hybridized carbons (Fsp3) is 1.00. The molecule has 0 heterocycles. The summed E-state index contributed by atoms with van der Waals surface area (Å²) in [5.41, 5.74) is 0.0278. The van der Waals surface area contributed by atoms with Gasteiger partial charge in [-0.1, -0.05) is 13.8 Å². The Hall–Kier alpha value is 0.725. The number of hydrogen-bond acceptors (Lipinski definition) is 3. The van der Waals surface area contributed by atoms with Gasteiger partial charge in [-0.05, 0) is 19.1 Å². The van der Waals surface area contributed by atoms with Crippen LogP contribution in [-0.2, 0) is 4.65 Å². The lowest BCUT2D eigenvalue weighted by atomic mass is 10.4. The van der Waals surface area contributed by atoms with Crippen LogP contribution in [0.15, 0.2) is 0 Å². The van der Waals surface area contributed by atoms with Gasteiger partial charge in [-0.2, -0.15) is 24.1 Å². The van der Waals surface area contributed by atoms with Crippen LogP contribution in [0.2, 0.25) is 0 Å². The molecule has 4 heteroatoms. The topological polar surface area (TPSA) is 9.23 Å². The third-order valence-electron chi connectivity index (χ3n) is 0.777. The highest BCUT2D eigenvalue weighted by Crippen LogP contribution is 2.18. The second-order valence-electron chi connectivity index (χ2n) is 2.68. The van der Waals surface area contributed by atoms with E-state index in [4.69, 9.17) is 4.65 Å². The van der Waals surface area contributed by atoms with Crippen LogP contribution in [0.1, 0.15) is 27.7 Å². The first-order valence-corrected chi connectivity index (χ1v) is 4.97. The first-order chi connectivity index (χ1) is 4.52. The molecule has 0 amide bonds. The minimum absolute atomic E-state index is 0.0278. The molecule has 0 aliphatic rings. The predicted molar refractivity (Wildman–Crippen MR) is 53.7 cm³/mol. The van der Waals surface area contributed by atoms with E-state index in [1.54, 1.807) is 11.6 Å². The van der Waals surface area contributed by atoms with Gasteiger partial charge < -0.3 is 4.65 Å². The second kappa shape index (κ2) is 5.39. The Morgan fingerprint density at radius 1 is 1.30 bits per heavy atom. The average Bonchev–Trinajstić information content (AvgIpc) is 1.58. The van der Waals surface area contributed by atoms with Crippen molar-refractivity contribution >= 4 is 29.6 Å². The summed E-state index contributed by atoms with van der Waals surface area (Å²) in [6, 6.07) is 0. The highest BCUT2D eigenvalue weighted by atomic mass is 32.2. The van der Waals surface area contributed by atoms with Crippen LogP contribution in [0.3, 0.4) is 0 Å². The summed E-state index contributed by atoms with van der Waals surface area (Å²) in [6.45, 7) is 8.31. The molecule has 0 bridgehead atoms. The lowest BCUT2D eigenvalue weighted by Crippen LogP contribution is -2.15. The standard InChI is InChI=1S/C6H15BOS2/c1-5(2)8-7(9)10-6(3)4/h5-6,9H,1-4H3. The van der Waals surface area contributed by atoms with Gasteiger partial charge in [0.25, 0.3) is 0 Å². The van der Waals surface area contributed by atoms with Crippen molar-refractivity contribution in [2.75, 3.05) is 0 Å². The van der Waals surface area contributed by atoms with Crippen LogP contribution in [0.25, 0.3) is 0 Å². The molecule has 0 radical (unpaired) electrons. The Bertz CT molecular complexity index is 77.8. The monoisotopic (exact) mass is 178 g/mol. The van der Waals surface area contributed by atoms with Gasteiger partial charge in [-0.25, -0.2) is 0 Å². The molecule has 0 aromatic heterocycles. The van der Waals surface area contributed by atoms with Crippen LogP contribution in [-0.4, -0.2) is 16.8 Å². The summed E-state index contributed by atoms with van der Waals surface area (Å²) in [5.74, 6) is 0. The molecule has 0 fully saturated rings. The molecule has 0 atom stereocenters. The maximum Gasteiger partial charge on any atom is 0.429 e. The third-order valence-corrected chi connectivity index (χ3v) is 2.15. The molecule has 1 nitrogen and oxygen atoms in total. The number of rotatable bonds is 4. The Kier molecular flexibility index (Phi) is 5.78. The van der Waals surface area contributed by atoms with Crippen molar-refractivity contribution in [1.29, 1.82) is 0 Å².